The zero-order valence-electron chi connectivity index (χ0n) is 14.9. The Morgan fingerprint density at radius 2 is 1.88 bits per heavy atom. The zero-order chi connectivity index (χ0) is 17.0. The van der Waals surface area contributed by atoms with Crippen molar-refractivity contribution < 1.29 is 0 Å². The van der Waals surface area contributed by atoms with Crippen LogP contribution in [0.1, 0.15) is 25.3 Å². The number of rotatable bonds is 9. The molecule has 1 aliphatic rings. The van der Waals surface area contributed by atoms with E-state index in [0.717, 1.165) is 32.1 Å². The van der Waals surface area contributed by atoms with Crippen LogP contribution in [0.2, 0.25) is 0 Å². The smallest absolute Gasteiger partial charge is 0.191 e. The summed E-state index contributed by atoms with van der Waals surface area (Å²) in [6.07, 6.45) is 9.02. The van der Waals surface area contributed by atoms with Crippen molar-refractivity contribution in [2.75, 3.05) is 43.1 Å². The zero-order valence-corrected chi connectivity index (χ0v) is 15.7. The van der Waals surface area contributed by atoms with E-state index in [4.69, 9.17) is 4.99 Å². The minimum Gasteiger partial charge on any atom is -0.364 e. The van der Waals surface area contributed by atoms with Crippen LogP contribution in [0.15, 0.2) is 41.4 Å². The maximum Gasteiger partial charge on any atom is 0.191 e. The molecule has 0 unspecified atom stereocenters. The molecule has 132 valence electrons. The Bertz CT molecular complexity index is 517. The highest BCUT2D eigenvalue weighted by Gasteiger charge is 2.06. The molecule has 2 N–H and O–H groups in total. The molecule has 0 radical (unpaired) electrons. The van der Waals surface area contributed by atoms with Crippen LogP contribution in [0, 0.1) is 0 Å². The van der Waals surface area contributed by atoms with Gasteiger partial charge in [0.15, 0.2) is 5.96 Å². The molecule has 1 aliphatic heterocycles. The van der Waals surface area contributed by atoms with Crippen molar-refractivity contribution in [3.8, 4) is 0 Å². The number of hydrogen-bond donors (Lipinski definition) is 2. The van der Waals surface area contributed by atoms with Crippen molar-refractivity contribution in [1.29, 1.82) is 0 Å². The van der Waals surface area contributed by atoms with Gasteiger partial charge in [-0.2, -0.15) is 11.8 Å². The van der Waals surface area contributed by atoms with Crippen LogP contribution < -0.4 is 15.5 Å². The van der Waals surface area contributed by atoms with E-state index in [1.165, 1.54) is 29.8 Å². The molecule has 0 spiro atoms. The van der Waals surface area contributed by atoms with Crippen LogP contribution >= 0.6 is 11.8 Å². The van der Waals surface area contributed by atoms with Crippen LogP contribution in [-0.4, -0.2) is 44.1 Å². The fourth-order valence-electron chi connectivity index (χ4n) is 2.59. The van der Waals surface area contributed by atoms with Gasteiger partial charge in [-0.05, 0) is 49.5 Å². The Labute approximate surface area is 150 Å². The molecule has 5 heteroatoms. The van der Waals surface area contributed by atoms with Gasteiger partial charge in [-0.15, -0.1) is 0 Å². The second kappa shape index (κ2) is 11.0. The SMILES string of the molecule is CCNC(=NCc1ccc(N2CC=CC2)cc1)NCCCCSC. The Morgan fingerprint density at radius 1 is 1.12 bits per heavy atom. The van der Waals surface area contributed by atoms with Gasteiger partial charge < -0.3 is 15.5 Å². The predicted octanol–water partition coefficient (Wildman–Crippen LogP) is 3.26. The summed E-state index contributed by atoms with van der Waals surface area (Å²) in [6, 6.07) is 8.75. The summed E-state index contributed by atoms with van der Waals surface area (Å²) >= 11 is 1.91. The molecular formula is C19H30N4S. The number of nitrogens with one attached hydrogen (secondary N) is 2. The standard InChI is InChI=1S/C19H30N4S/c1-3-20-19(21-12-4-7-15-24-2)22-16-17-8-10-18(11-9-17)23-13-5-6-14-23/h5-6,8-11H,3-4,7,12-16H2,1-2H3,(H2,20,21,22). The summed E-state index contributed by atoms with van der Waals surface area (Å²) in [5.74, 6) is 2.14. The Morgan fingerprint density at radius 3 is 2.54 bits per heavy atom. The van der Waals surface area contributed by atoms with Gasteiger partial charge in [-0.1, -0.05) is 24.3 Å². The van der Waals surface area contributed by atoms with Crippen LogP contribution in [0.25, 0.3) is 0 Å². The first kappa shape index (κ1) is 18.7. The third-order valence-corrected chi connectivity index (χ3v) is 4.65. The van der Waals surface area contributed by atoms with Crippen LogP contribution in [-0.2, 0) is 6.54 Å². The van der Waals surface area contributed by atoms with Crippen LogP contribution in [0.4, 0.5) is 5.69 Å². The summed E-state index contributed by atoms with van der Waals surface area (Å²) in [5.41, 5.74) is 2.53. The van der Waals surface area contributed by atoms with Gasteiger partial charge in [-0.3, -0.25) is 0 Å². The van der Waals surface area contributed by atoms with Crippen molar-refractivity contribution in [3.63, 3.8) is 0 Å². The minimum atomic E-state index is 0.707. The number of aliphatic imine (C=N–C) groups is 1. The van der Waals surface area contributed by atoms with E-state index >= 15 is 0 Å². The molecule has 0 fully saturated rings. The average Bonchev–Trinajstić information content (AvgIpc) is 3.14. The van der Waals surface area contributed by atoms with Crippen molar-refractivity contribution in [1.82, 2.24) is 10.6 Å². The maximum atomic E-state index is 4.69. The normalized spacial score (nSPS) is 14.2. The number of thioether (sulfide) groups is 1. The molecule has 2 rings (SSSR count). The lowest BCUT2D eigenvalue weighted by Crippen LogP contribution is -2.37. The molecule has 0 saturated carbocycles. The van der Waals surface area contributed by atoms with Gasteiger partial charge in [0.2, 0.25) is 0 Å². The number of benzene rings is 1. The Hall–Kier alpha value is -1.62. The van der Waals surface area contributed by atoms with Crippen molar-refractivity contribution >= 4 is 23.4 Å². The first-order valence-corrected chi connectivity index (χ1v) is 10.2. The third kappa shape index (κ3) is 6.48. The molecule has 0 aromatic heterocycles. The second-order valence-corrected chi connectivity index (χ2v) is 6.85. The molecule has 0 aliphatic carbocycles. The number of hydrogen-bond acceptors (Lipinski definition) is 3. The lowest BCUT2D eigenvalue weighted by Gasteiger charge is -2.17. The molecule has 0 bridgehead atoms. The summed E-state index contributed by atoms with van der Waals surface area (Å²) in [6.45, 7) is 6.71. The first-order chi connectivity index (χ1) is 11.8. The van der Waals surface area contributed by atoms with E-state index in [-0.39, 0.29) is 0 Å². The Balaban J connectivity index is 1.81. The molecule has 0 amide bonds. The van der Waals surface area contributed by atoms with Gasteiger partial charge in [0.1, 0.15) is 0 Å². The molecule has 1 heterocycles. The first-order valence-electron chi connectivity index (χ1n) is 8.83. The summed E-state index contributed by atoms with van der Waals surface area (Å²) in [7, 11) is 0. The van der Waals surface area contributed by atoms with E-state index in [1.807, 2.05) is 11.8 Å². The lowest BCUT2D eigenvalue weighted by molar-refractivity contribution is 0.734. The lowest BCUT2D eigenvalue weighted by atomic mass is 10.2. The highest BCUT2D eigenvalue weighted by molar-refractivity contribution is 7.98. The molecule has 4 nitrogen and oxygen atoms in total. The fourth-order valence-corrected chi connectivity index (χ4v) is 3.08. The van der Waals surface area contributed by atoms with E-state index in [0.29, 0.717) is 6.54 Å². The molecule has 0 saturated heterocycles. The van der Waals surface area contributed by atoms with Gasteiger partial charge >= 0.3 is 0 Å². The quantitative estimate of drug-likeness (QED) is 0.312. The van der Waals surface area contributed by atoms with Gasteiger partial charge in [0.05, 0.1) is 6.54 Å². The topological polar surface area (TPSA) is 39.7 Å². The largest absolute Gasteiger partial charge is 0.364 e. The molecule has 0 atom stereocenters. The van der Waals surface area contributed by atoms with Gasteiger partial charge in [0.25, 0.3) is 0 Å². The predicted molar refractivity (Wildman–Crippen MR) is 108 cm³/mol. The van der Waals surface area contributed by atoms with E-state index in [1.54, 1.807) is 0 Å². The van der Waals surface area contributed by atoms with Crippen molar-refractivity contribution in [2.24, 2.45) is 4.99 Å². The minimum absolute atomic E-state index is 0.707. The number of guanidine groups is 1. The Kier molecular flexibility index (Phi) is 8.60. The molecule has 24 heavy (non-hydrogen) atoms. The van der Waals surface area contributed by atoms with Crippen molar-refractivity contribution in [3.05, 3.63) is 42.0 Å². The summed E-state index contributed by atoms with van der Waals surface area (Å²) in [4.78, 5) is 7.05. The highest BCUT2D eigenvalue weighted by Crippen LogP contribution is 2.17. The fraction of sp³-hybridized carbons (Fsp3) is 0.526. The average molecular weight is 347 g/mol. The second-order valence-electron chi connectivity index (χ2n) is 5.86. The van der Waals surface area contributed by atoms with E-state index in [2.05, 4.69) is 65.1 Å². The highest BCUT2D eigenvalue weighted by atomic mass is 32.2. The van der Waals surface area contributed by atoms with E-state index in [9.17, 15) is 0 Å². The summed E-state index contributed by atoms with van der Waals surface area (Å²) < 4.78 is 0. The maximum absolute atomic E-state index is 4.69. The molecular weight excluding hydrogens is 316 g/mol. The van der Waals surface area contributed by atoms with Crippen molar-refractivity contribution in [2.45, 2.75) is 26.3 Å². The van der Waals surface area contributed by atoms with Crippen LogP contribution in [0.5, 0.6) is 0 Å². The number of unbranched alkanes of at least 4 members (excludes halogenated alkanes) is 1. The van der Waals surface area contributed by atoms with Gasteiger partial charge in [0, 0.05) is 31.9 Å². The summed E-state index contributed by atoms with van der Waals surface area (Å²) in [5, 5.41) is 6.74. The third-order valence-electron chi connectivity index (χ3n) is 3.95. The number of anilines is 1. The molecule has 1 aromatic rings. The molecule has 1 aromatic carbocycles. The van der Waals surface area contributed by atoms with Gasteiger partial charge in [-0.25, -0.2) is 4.99 Å². The number of nitrogens with zero attached hydrogens (tertiary/aromatic N) is 2. The van der Waals surface area contributed by atoms with Crippen LogP contribution in [0.3, 0.4) is 0 Å². The monoisotopic (exact) mass is 346 g/mol. The van der Waals surface area contributed by atoms with E-state index < -0.39 is 0 Å².